The quantitative estimate of drug-likeness (QED) is 0.694. The molecule has 4 rings (SSSR count). The van der Waals surface area contributed by atoms with E-state index < -0.39 is 0 Å². The maximum Gasteiger partial charge on any atom is 0.292 e. The van der Waals surface area contributed by atoms with Gasteiger partial charge in [-0.1, -0.05) is 0 Å². The van der Waals surface area contributed by atoms with Crippen molar-refractivity contribution in [3.8, 4) is 0 Å². The molecule has 0 aliphatic carbocycles. The van der Waals surface area contributed by atoms with Gasteiger partial charge in [0.1, 0.15) is 5.82 Å². The minimum absolute atomic E-state index is 0.277. The highest BCUT2D eigenvalue weighted by Crippen LogP contribution is 2.31. The lowest BCUT2D eigenvalue weighted by Gasteiger charge is -2.21. The molecule has 0 atom stereocenters. The van der Waals surface area contributed by atoms with Gasteiger partial charge in [-0.2, -0.15) is 0 Å². The number of hydrogen-bond donors (Lipinski definition) is 3. The van der Waals surface area contributed by atoms with Gasteiger partial charge in [0, 0.05) is 6.20 Å². The van der Waals surface area contributed by atoms with Crippen LogP contribution in [0.15, 0.2) is 41.1 Å². The molecule has 1 fully saturated rings. The number of aromatic amines is 1. The first kappa shape index (κ1) is 14.0. The van der Waals surface area contributed by atoms with Crippen molar-refractivity contribution >= 4 is 22.8 Å². The summed E-state index contributed by atoms with van der Waals surface area (Å²) in [4.78, 5) is 20.0. The molecule has 23 heavy (non-hydrogen) atoms. The van der Waals surface area contributed by atoms with Gasteiger partial charge in [-0.3, -0.25) is 4.79 Å². The third-order valence-corrected chi connectivity index (χ3v) is 4.32. The van der Waals surface area contributed by atoms with E-state index in [4.69, 9.17) is 4.42 Å². The molecule has 0 aromatic carbocycles. The van der Waals surface area contributed by atoms with Crippen molar-refractivity contribution in [3.05, 3.63) is 48.0 Å². The van der Waals surface area contributed by atoms with Gasteiger partial charge in [0.15, 0.2) is 5.76 Å². The minimum atomic E-state index is -0.291. The van der Waals surface area contributed by atoms with Crippen LogP contribution in [-0.2, 0) is 0 Å². The normalized spacial score (nSPS) is 15.8. The number of H-pyrrole nitrogens is 1. The van der Waals surface area contributed by atoms with Crippen molar-refractivity contribution in [3.63, 3.8) is 0 Å². The predicted octanol–water partition coefficient (Wildman–Crippen LogP) is 2.88. The summed E-state index contributed by atoms with van der Waals surface area (Å²) in [6, 6.07) is 7.06. The lowest BCUT2D eigenvalue weighted by atomic mass is 9.91. The number of furan rings is 1. The fraction of sp³-hybridized carbons (Fsp3) is 0.294. The molecular weight excluding hydrogens is 292 g/mol. The van der Waals surface area contributed by atoms with Crippen LogP contribution >= 0.6 is 0 Å². The summed E-state index contributed by atoms with van der Waals surface area (Å²) in [5.74, 6) is 1.03. The lowest BCUT2D eigenvalue weighted by Crippen LogP contribution is -2.26. The average molecular weight is 310 g/mol. The van der Waals surface area contributed by atoms with Gasteiger partial charge in [0.2, 0.25) is 0 Å². The van der Waals surface area contributed by atoms with Gasteiger partial charge >= 0.3 is 0 Å². The molecule has 3 N–H and O–H groups in total. The molecule has 1 aliphatic rings. The zero-order valence-electron chi connectivity index (χ0n) is 12.6. The Bertz CT molecular complexity index is 816. The van der Waals surface area contributed by atoms with E-state index in [0.717, 1.165) is 37.0 Å². The Hall–Kier alpha value is -2.60. The standard InChI is InChI=1S/C17H18N4O2/c22-17(14-2-1-9-23-14)21-15-4-3-13-16(20-15)12(10-19-13)11-5-7-18-8-6-11/h1-4,9-11,18-19H,5-8H2,(H,20,21,22). The monoisotopic (exact) mass is 310 g/mol. The number of nitrogens with one attached hydrogen (secondary N) is 3. The van der Waals surface area contributed by atoms with Crippen LogP contribution in [0.25, 0.3) is 11.0 Å². The fourth-order valence-electron chi connectivity index (χ4n) is 3.12. The van der Waals surface area contributed by atoms with Crippen molar-refractivity contribution in [2.75, 3.05) is 18.4 Å². The van der Waals surface area contributed by atoms with Crippen molar-refractivity contribution in [2.24, 2.45) is 0 Å². The summed E-state index contributed by atoms with van der Waals surface area (Å²) < 4.78 is 5.11. The van der Waals surface area contributed by atoms with E-state index in [-0.39, 0.29) is 11.7 Å². The largest absolute Gasteiger partial charge is 0.459 e. The smallest absolute Gasteiger partial charge is 0.292 e. The van der Waals surface area contributed by atoms with Crippen LogP contribution in [0.4, 0.5) is 5.82 Å². The number of fused-ring (bicyclic) bond motifs is 1. The number of aromatic nitrogens is 2. The Balaban J connectivity index is 1.62. The van der Waals surface area contributed by atoms with Crippen LogP contribution in [0.5, 0.6) is 0 Å². The van der Waals surface area contributed by atoms with Crippen molar-refractivity contribution in [1.29, 1.82) is 0 Å². The second-order valence-electron chi connectivity index (χ2n) is 5.79. The molecule has 0 bridgehead atoms. The molecule has 118 valence electrons. The molecule has 3 aromatic rings. The molecule has 0 spiro atoms. The highest BCUT2D eigenvalue weighted by molar-refractivity contribution is 6.02. The minimum Gasteiger partial charge on any atom is -0.459 e. The Labute approximate surface area is 133 Å². The van der Waals surface area contributed by atoms with E-state index in [9.17, 15) is 4.79 Å². The number of piperidine rings is 1. The van der Waals surface area contributed by atoms with Crippen LogP contribution in [0, 0.1) is 0 Å². The summed E-state index contributed by atoms with van der Waals surface area (Å²) in [7, 11) is 0. The van der Waals surface area contributed by atoms with Crippen LogP contribution in [0.2, 0.25) is 0 Å². The fourth-order valence-corrected chi connectivity index (χ4v) is 3.12. The number of rotatable bonds is 3. The van der Waals surface area contributed by atoms with Crippen LogP contribution in [0.1, 0.15) is 34.9 Å². The number of hydrogen-bond acceptors (Lipinski definition) is 4. The number of carbonyl (C=O) groups is 1. The zero-order chi connectivity index (χ0) is 15.6. The van der Waals surface area contributed by atoms with Crippen LogP contribution in [0.3, 0.4) is 0 Å². The van der Waals surface area contributed by atoms with E-state index >= 15 is 0 Å². The third kappa shape index (κ3) is 2.73. The summed E-state index contributed by atoms with van der Waals surface area (Å²) >= 11 is 0. The predicted molar refractivity (Wildman–Crippen MR) is 87.6 cm³/mol. The highest BCUT2D eigenvalue weighted by Gasteiger charge is 2.20. The van der Waals surface area contributed by atoms with Crippen molar-refractivity contribution < 1.29 is 9.21 Å². The topological polar surface area (TPSA) is 83.0 Å². The molecule has 1 aliphatic heterocycles. The Morgan fingerprint density at radius 3 is 2.91 bits per heavy atom. The van der Waals surface area contributed by atoms with Crippen molar-refractivity contribution in [1.82, 2.24) is 15.3 Å². The summed E-state index contributed by atoms with van der Waals surface area (Å²) in [6.45, 7) is 2.07. The number of carbonyl (C=O) groups excluding carboxylic acids is 1. The molecule has 0 radical (unpaired) electrons. The first-order chi connectivity index (χ1) is 11.3. The first-order valence-corrected chi connectivity index (χ1v) is 7.85. The maximum atomic E-state index is 12.1. The van der Waals surface area contributed by atoms with Gasteiger partial charge < -0.3 is 20.0 Å². The maximum absolute atomic E-state index is 12.1. The Morgan fingerprint density at radius 2 is 2.13 bits per heavy atom. The van der Waals surface area contributed by atoms with E-state index in [0.29, 0.717) is 11.7 Å². The number of amides is 1. The summed E-state index contributed by atoms with van der Waals surface area (Å²) in [5, 5.41) is 6.17. The molecule has 0 saturated carbocycles. The lowest BCUT2D eigenvalue weighted by molar-refractivity contribution is 0.0996. The molecule has 3 aromatic heterocycles. The number of nitrogens with zero attached hydrogens (tertiary/aromatic N) is 1. The van der Waals surface area contributed by atoms with E-state index in [1.165, 1.54) is 11.8 Å². The van der Waals surface area contributed by atoms with Crippen LogP contribution < -0.4 is 10.6 Å². The molecule has 1 amide bonds. The molecule has 1 saturated heterocycles. The molecule has 6 nitrogen and oxygen atoms in total. The molecular formula is C17H18N4O2. The van der Waals surface area contributed by atoms with Gasteiger partial charge in [-0.25, -0.2) is 4.98 Å². The first-order valence-electron chi connectivity index (χ1n) is 7.85. The van der Waals surface area contributed by atoms with Gasteiger partial charge in [0.25, 0.3) is 5.91 Å². The van der Waals surface area contributed by atoms with Gasteiger partial charge in [-0.05, 0) is 61.7 Å². The third-order valence-electron chi connectivity index (χ3n) is 4.32. The molecule has 4 heterocycles. The van der Waals surface area contributed by atoms with Crippen molar-refractivity contribution in [2.45, 2.75) is 18.8 Å². The zero-order valence-corrected chi connectivity index (χ0v) is 12.6. The van der Waals surface area contributed by atoms with E-state index in [1.807, 2.05) is 12.3 Å². The summed E-state index contributed by atoms with van der Waals surface area (Å²) in [6.07, 6.45) is 5.74. The van der Waals surface area contributed by atoms with Gasteiger partial charge in [-0.15, -0.1) is 0 Å². The number of pyridine rings is 1. The molecule has 0 unspecified atom stereocenters. The Morgan fingerprint density at radius 1 is 1.26 bits per heavy atom. The highest BCUT2D eigenvalue weighted by atomic mass is 16.3. The second-order valence-corrected chi connectivity index (χ2v) is 5.79. The Kier molecular flexibility index (Phi) is 3.59. The average Bonchev–Trinajstić information content (AvgIpc) is 3.25. The van der Waals surface area contributed by atoms with Gasteiger partial charge in [0.05, 0.1) is 17.3 Å². The SMILES string of the molecule is O=C(Nc1ccc2[nH]cc(C3CCNCC3)c2n1)c1ccco1. The van der Waals surface area contributed by atoms with Crippen LogP contribution in [-0.4, -0.2) is 29.0 Å². The van der Waals surface area contributed by atoms with E-state index in [2.05, 4.69) is 20.6 Å². The van der Waals surface area contributed by atoms with E-state index in [1.54, 1.807) is 18.2 Å². The number of anilines is 1. The second kappa shape index (κ2) is 5.89. The molecule has 6 heteroatoms. The summed E-state index contributed by atoms with van der Waals surface area (Å²) in [5.41, 5.74) is 3.17.